The number of halogens is 3. The number of carbonyl (C=O) groups is 2. The van der Waals surface area contributed by atoms with Gasteiger partial charge in [-0.1, -0.05) is 17.8 Å². The first-order valence-corrected chi connectivity index (χ1v) is 10.9. The third-order valence-electron chi connectivity index (χ3n) is 4.15. The summed E-state index contributed by atoms with van der Waals surface area (Å²) in [5.74, 6) is -2.96. The molecule has 170 valence electrons. The minimum absolute atomic E-state index is 0.00479. The summed E-state index contributed by atoms with van der Waals surface area (Å²) >= 11 is 1.74. The molecular weight excluding hydrogens is 481 g/mol. The quantitative estimate of drug-likeness (QED) is 0.277. The van der Waals surface area contributed by atoms with Crippen LogP contribution in [-0.2, 0) is 15.7 Å². The lowest BCUT2D eigenvalue weighted by Crippen LogP contribution is -2.16. The molecule has 33 heavy (non-hydrogen) atoms. The Balaban J connectivity index is 1.74. The van der Waals surface area contributed by atoms with Crippen molar-refractivity contribution in [1.82, 2.24) is 4.98 Å². The van der Waals surface area contributed by atoms with Crippen molar-refractivity contribution in [3.8, 4) is 28.1 Å². The summed E-state index contributed by atoms with van der Waals surface area (Å²) in [6.07, 6.45) is -4.81. The van der Waals surface area contributed by atoms with Crippen LogP contribution in [0.25, 0.3) is 10.6 Å². The highest BCUT2D eigenvalue weighted by Crippen LogP contribution is 2.38. The number of phenols is 2. The maximum Gasteiger partial charge on any atom is 0.417 e. The molecule has 0 bridgehead atoms. The number of nitriles is 1. The highest BCUT2D eigenvalue weighted by Gasteiger charge is 2.36. The maximum absolute atomic E-state index is 13.5. The number of esters is 1. The fraction of sp³-hybridized carbons (Fsp3) is 0.143. The molecule has 0 atom stereocenters. The number of ketones is 1. The summed E-state index contributed by atoms with van der Waals surface area (Å²) in [6.45, 7) is -0.737. The Morgan fingerprint density at radius 1 is 1.21 bits per heavy atom. The second kappa shape index (κ2) is 9.93. The van der Waals surface area contributed by atoms with E-state index in [1.54, 1.807) is 17.5 Å². The molecule has 0 saturated carbocycles. The zero-order valence-electron chi connectivity index (χ0n) is 16.4. The van der Waals surface area contributed by atoms with Crippen LogP contribution in [0.4, 0.5) is 13.2 Å². The molecule has 0 unspecified atom stereocenters. The van der Waals surface area contributed by atoms with Gasteiger partial charge >= 0.3 is 12.1 Å². The number of benzene rings is 1. The van der Waals surface area contributed by atoms with Crippen LogP contribution >= 0.6 is 23.1 Å². The first-order valence-electron chi connectivity index (χ1n) is 9.00. The lowest BCUT2D eigenvalue weighted by Gasteiger charge is -2.13. The Morgan fingerprint density at radius 2 is 1.97 bits per heavy atom. The standard InChI is InChI=1S/C21H13F3N2O5S2/c22-21(23,24)14-7-15(18-2-1-5-32-18)26-20(13(14)8-25)33-10-19(30)31-9-17(29)12-4-3-11(27)6-16(12)28/h1-7,27-28H,9-10H2. The molecule has 12 heteroatoms. The van der Waals surface area contributed by atoms with Crippen LogP contribution in [0, 0.1) is 11.3 Å². The van der Waals surface area contributed by atoms with E-state index in [2.05, 4.69) is 4.98 Å². The summed E-state index contributed by atoms with van der Waals surface area (Å²) in [5, 5.41) is 29.6. The Bertz CT molecular complexity index is 1240. The van der Waals surface area contributed by atoms with Gasteiger partial charge in [0.05, 0.1) is 33.0 Å². The number of pyridine rings is 1. The van der Waals surface area contributed by atoms with Crippen molar-refractivity contribution in [3.05, 3.63) is 58.5 Å². The Hall–Kier alpha value is -3.56. The van der Waals surface area contributed by atoms with Crippen molar-refractivity contribution in [1.29, 1.82) is 5.26 Å². The van der Waals surface area contributed by atoms with Crippen molar-refractivity contribution < 1.29 is 37.7 Å². The average molecular weight is 494 g/mol. The van der Waals surface area contributed by atoms with Gasteiger partial charge in [0.25, 0.3) is 0 Å². The molecule has 2 aromatic heterocycles. The van der Waals surface area contributed by atoms with Gasteiger partial charge in [0.15, 0.2) is 6.61 Å². The van der Waals surface area contributed by atoms with Gasteiger partial charge in [0.2, 0.25) is 5.78 Å². The largest absolute Gasteiger partial charge is 0.508 e. The SMILES string of the molecule is N#Cc1c(C(F)(F)F)cc(-c2cccs2)nc1SCC(=O)OCC(=O)c1ccc(O)cc1O. The van der Waals surface area contributed by atoms with Crippen molar-refractivity contribution in [2.75, 3.05) is 12.4 Å². The normalized spacial score (nSPS) is 11.1. The van der Waals surface area contributed by atoms with Crippen LogP contribution < -0.4 is 0 Å². The van der Waals surface area contributed by atoms with E-state index in [4.69, 9.17) is 4.74 Å². The number of hydrogen-bond donors (Lipinski definition) is 2. The summed E-state index contributed by atoms with van der Waals surface area (Å²) in [4.78, 5) is 28.7. The number of alkyl halides is 3. The van der Waals surface area contributed by atoms with Crippen LogP contribution in [0.3, 0.4) is 0 Å². The Morgan fingerprint density at radius 3 is 2.58 bits per heavy atom. The zero-order chi connectivity index (χ0) is 24.2. The van der Waals surface area contributed by atoms with Gasteiger partial charge in [-0.25, -0.2) is 4.98 Å². The highest BCUT2D eigenvalue weighted by atomic mass is 32.2. The number of rotatable bonds is 7. The molecule has 0 aliphatic carbocycles. The number of hydrogen-bond acceptors (Lipinski definition) is 9. The third-order valence-corrected chi connectivity index (χ3v) is 5.99. The molecule has 0 amide bonds. The van der Waals surface area contributed by atoms with Gasteiger partial charge in [0, 0.05) is 6.07 Å². The molecule has 0 saturated heterocycles. The Labute approximate surface area is 193 Å². The molecule has 0 aliphatic heterocycles. The maximum atomic E-state index is 13.5. The van der Waals surface area contributed by atoms with Crippen LogP contribution in [0.15, 0.2) is 46.8 Å². The first kappa shape index (κ1) is 24.1. The van der Waals surface area contributed by atoms with Crippen molar-refractivity contribution in [2.45, 2.75) is 11.2 Å². The number of thioether (sulfide) groups is 1. The Kier molecular flexibility index (Phi) is 7.25. The smallest absolute Gasteiger partial charge is 0.417 e. The number of phenolic OH excluding ortho intramolecular Hbond substituents is 2. The van der Waals surface area contributed by atoms with Crippen LogP contribution in [0.2, 0.25) is 0 Å². The summed E-state index contributed by atoms with van der Waals surface area (Å²) < 4.78 is 45.4. The summed E-state index contributed by atoms with van der Waals surface area (Å²) in [7, 11) is 0. The van der Waals surface area contributed by atoms with Gasteiger partial charge in [-0.15, -0.1) is 11.3 Å². The zero-order valence-corrected chi connectivity index (χ0v) is 18.1. The van der Waals surface area contributed by atoms with E-state index in [9.17, 15) is 38.2 Å². The van der Waals surface area contributed by atoms with Crippen LogP contribution in [0.1, 0.15) is 21.5 Å². The molecule has 0 fully saturated rings. The predicted octanol–water partition coefficient (Wildman–Crippen LogP) is 4.63. The van der Waals surface area contributed by atoms with Crippen molar-refractivity contribution >= 4 is 34.9 Å². The first-order chi connectivity index (χ1) is 15.6. The number of carbonyl (C=O) groups excluding carboxylic acids is 2. The fourth-order valence-corrected chi connectivity index (χ4v) is 4.14. The molecule has 0 spiro atoms. The molecule has 0 radical (unpaired) electrons. The van der Waals surface area contributed by atoms with Crippen LogP contribution in [-0.4, -0.2) is 39.3 Å². The molecule has 0 aliphatic rings. The number of thiophene rings is 1. The molecular formula is C21H13F3N2O5S2. The topological polar surface area (TPSA) is 121 Å². The van der Waals surface area contributed by atoms with E-state index >= 15 is 0 Å². The van der Waals surface area contributed by atoms with Crippen LogP contribution in [0.5, 0.6) is 11.5 Å². The summed E-state index contributed by atoms with van der Waals surface area (Å²) in [5.41, 5.74) is -2.06. The van der Waals surface area contributed by atoms with E-state index in [1.165, 1.54) is 23.5 Å². The van der Waals surface area contributed by atoms with E-state index in [-0.39, 0.29) is 22.0 Å². The highest BCUT2D eigenvalue weighted by molar-refractivity contribution is 7.99. The van der Waals surface area contributed by atoms with Gasteiger partial charge < -0.3 is 14.9 Å². The number of ether oxygens (including phenoxy) is 1. The molecule has 1 aromatic carbocycles. The van der Waals surface area contributed by atoms with Crippen molar-refractivity contribution in [3.63, 3.8) is 0 Å². The number of aromatic hydroxyl groups is 2. The molecule has 2 N–H and O–H groups in total. The summed E-state index contributed by atoms with van der Waals surface area (Å²) in [6, 6.07) is 8.75. The van der Waals surface area contributed by atoms with Gasteiger partial charge in [0.1, 0.15) is 22.6 Å². The fourth-order valence-electron chi connectivity index (χ4n) is 2.66. The van der Waals surface area contributed by atoms with Crippen molar-refractivity contribution in [2.24, 2.45) is 0 Å². The number of Topliss-reactive ketones (excluding diaryl/α,β-unsaturated/α-hetero) is 1. The van der Waals surface area contributed by atoms with E-state index < -0.39 is 47.2 Å². The molecule has 2 heterocycles. The lowest BCUT2D eigenvalue weighted by atomic mass is 10.1. The predicted molar refractivity (Wildman–Crippen MR) is 113 cm³/mol. The second-order valence-electron chi connectivity index (χ2n) is 6.40. The lowest BCUT2D eigenvalue weighted by molar-refractivity contribution is -0.139. The number of nitrogens with zero attached hydrogens (tertiary/aromatic N) is 2. The average Bonchev–Trinajstić information content (AvgIpc) is 3.29. The molecule has 3 aromatic rings. The second-order valence-corrected chi connectivity index (χ2v) is 8.31. The minimum Gasteiger partial charge on any atom is -0.508 e. The van der Waals surface area contributed by atoms with E-state index in [1.807, 2.05) is 0 Å². The minimum atomic E-state index is -4.81. The molecule has 7 nitrogen and oxygen atoms in total. The third kappa shape index (κ3) is 5.82. The van der Waals surface area contributed by atoms with E-state index in [0.29, 0.717) is 16.6 Å². The van der Waals surface area contributed by atoms with Gasteiger partial charge in [-0.2, -0.15) is 18.4 Å². The molecule has 3 rings (SSSR count). The van der Waals surface area contributed by atoms with Gasteiger partial charge in [-0.05, 0) is 29.6 Å². The van der Waals surface area contributed by atoms with Gasteiger partial charge in [-0.3, -0.25) is 9.59 Å². The van der Waals surface area contributed by atoms with E-state index in [0.717, 1.165) is 18.2 Å². The number of aromatic nitrogens is 1. The monoisotopic (exact) mass is 494 g/mol.